The summed E-state index contributed by atoms with van der Waals surface area (Å²) < 4.78 is 11.0. The third-order valence-corrected chi connectivity index (χ3v) is 4.27. The number of carbonyl (C=O) groups is 1. The largest absolute Gasteiger partial charge is 0.493 e. The maximum absolute atomic E-state index is 12.3. The van der Waals surface area contributed by atoms with Crippen molar-refractivity contribution in [1.82, 2.24) is 4.98 Å². The van der Waals surface area contributed by atoms with Crippen molar-refractivity contribution in [3.8, 4) is 11.5 Å². The maximum Gasteiger partial charge on any atom is 0.313 e. The first-order chi connectivity index (χ1) is 15.5. The number of hydrazone groups is 1. The minimum absolute atomic E-state index is 0.00316. The van der Waals surface area contributed by atoms with Crippen LogP contribution in [0.1, 0.15) is 11.1 Å². The van der Waals surface area contributed by atoms with Crippen LogP contribution in [-0.4, -0.2) is 35.7 Å². The van der Waals surface area contributed by atoms with Crippen LogP contribution in [0.3, 0.4) is 0 Å². The van der Waals surface area contributed by atoms with E-state index in [9.17, 15) is 14.9 Å². The Morgan fingerprint density at radius 2 is 1.97 bits per heavy atom. The molecule has 2 N–H and O–H groups in total. The Labute approximate surface area is 184 Å². The number of pyridine rings is 1. The lowest BCUT2D eigenvalue weighted by molar-refractivity contribution is -0.384. The molecule has 1 aromatic heterocycles. The van der Waals surface area contributed by atoms with Crippen molar-refractivity contribution in [2.45, 2.75) is 6.92 Å². The number of anilines is 2. The molecule has 1 amide bonds. The van der Waals surface area contributed by atoms with Crippen molar-refractivity contribution in [3.63, 3.8) is 0 Å². The van der Waals surface area contributed by atoms with E-state index < -0.39 is 4.92 Å². The first-order valence-corrected chi connectivity index (χ1v) is 9.52. The van der Waals surface area contributed by atoms with Crippen molar-refractivity contribution in [3.05, 3.63) is 82.0 Å². The molecule has 0 aliphatic carbocycles. The molecule has 0 atom stereocenters. The summed E-state index contributed by atoms with van der Waals surface area (Å²) in [6.45, 7) is 1.70. The number of para-hydroxylation sites is 1. The molecule has 0 spiro atoms. The molecule has 0 fully saturated rings. The number of nitrogens with zero attached hydrogens (tertiary/aromatic N) is 3. The summed E-state index contributed by atoms with van der Waals surface area (Å²) in [4.78, 5) is 26.7. The number of hydrogen-bond donors (Lipinski definition) is 2. The molecule has 10 nitrogen and oxygen atoms in total. The average molecular weight is 435 g/mol. The number of aryl methyl sites for hydroxylation is 1. The Kier molecular flexibility index (Phi) is 7.31. The third-order valence-electron chi connectivity index (χ3n) is 4.27. The molecule has 164 valence electrons. The van der Waals surface area contributed by atoms with E-state index in [1.165, 1.54) is 31.7 Å². The van der Waals surface area contributed by atoms with Crippen molar-refractivity contribution < 1.29 is 19.2 Å². The van der Waals surface area contributed by atoms with Crippen LogP contribution >= 0.6 is 0 Å². The van der Waals surface area contributed by atoms with E-state index in [1.807, 2.05) is 19.1 Å². The van der Waals surface area contributed by atoms with Crippen LogP contribution < -0.4 is 20.2 Å². The van der Waals surface area contributed by atoms with Crippen LogP contribution in [0.15, 0.2) is 65.9 Å². The number of hydrogen-bond acceptors (Lipinski definition) is 8. The number of nitro groups is 1. The van der Waals surface area contributed by atoms with Crippen LogP contribution in [0.5, 0.6) is 11.5 Å². The summed E-state index contributed by atoms with van der Waals surface area (Å²) in [5, 5.41) is 17.9. The van der Waals surface area contributed by atoms with Crippen molar-refractivity contribution in [2.75, 3.05) is 24.5 Å². The molecule has 0 bridgehead atoms. The number of aromatic nitrogens is 1. The molecule has 2 aromatic carbocycles. The van der Waals surface area contributed by atoms with Crippen LogP contribution in [0.25, 0.3) is 0 Å². The van der Waals surface area contributed by atoms with Gasteiger partial charge in [-0.1, -0.05) is 23.8 Å². The van der Waals surface area contributed by atoms with Gasteiger partial charge in [0.1, 0.15) is 0 Å². The van der Waals surface area contributed by atoms with E-state index in [0.29, 0.717) is 22.7 Å². The molecule has 3 aromatic rings. The van der Waals surface area contributed by atoms with Gasteiger partial charge in [0.15, 0.2) is 18.1 Å². The summed E-state index contributed by atoms with van der Waals surface area (Å²) in [6, 6.07) is 15.3. The Hall–Kier alpha value is -4.47. The predicted octanol–water partition coefficient (Wildman–Crippen LogP) is 3.77. The molecule has 0 unspecified atom stereocenters. The number of amides is 1. The van der Waals surface area contributed by atoms with Gasteiger partial charge in [-0.15, -0.1) is 0 Å². The summed E-state index contributed by atoms with van der Waals surface area (Å²) in [5.74, 6) is 0.359. The van der Waals surface area contributed by atoms with Crippen LogP contribution in [0, 0.1) is 17.0 Å². The summed E-state index contributed by atoms with van der Waals surface area (Å²) in [6.07, 6.45) is 2.81. The first-order valence-electron chi connectivity index (χ1n) is 9.52. The topological polar surface area (TPSA) is 128 Å². The Morgan fingerprint density at radius 1 is 1.19 bits per heavy atom. The standard InChI is InChI=1S/C22H21N5O5/c1-15-8-10-17(11-9-15)25-20(28)14-32-21-16(5-3-7-19(21)31-2)13-24-26-22-18(27(29)30)6-4-12-23-22/h3-13H,14H2,1-2H3,(H,23,26)(H,25,28)/b24-13-. The van der Waals surface area contributed by atoms with Crippen molar-refractivity contribution in [2.24, 2.45) is 5.10 Å². The van der Waals surface area contributed by atoms with Gasteiger partial charge < -0.3 is 14.8 Å². The van der Waals surface area contributed by atoms with Gasteiger partial charge in [0, 0.05) is 23.5 Å². The summed E-state index contributed by atoms with van der Waals surface area (Å²) >= 11 is 0. The van der Waals surface area contributed by atoms with E-state index in [1.54, 1.807) is 30.3 Å². The zero-order chi connectivity index (χ0) is 22.9. The lowest BCUT2D eigenvalue weighted by atomic mass is 10.2. The number of methoxy groups -OCH3 is 1. The fourth-order valence-electron chi connectivity index (χ4n) is 2.71. The summed E-state index contributed by atoms with van der Waals surface area (Å²) in [5.41, 5.74) is 4.59. The third kappa shape index (κ3) is 5.79. The SMILES string of the molecule is COc1cccc(/C=N\Nc2ncccc2[N+](=O)[O-])c1OCC(=O)Nc1ccc(C)cc1. The van der Waals surface area contributed by atoms with Gasteiger partial charge in [0.2, 0.25) is 5.82 Å². The minimum Gasteiger partial charge on any atom is -0.493 e. The Bertz CT molecular complexity index is 1130. The van der Waals surface area contributed by atoms with Crippen molar-refractivity contribution >= 4 is 29.3 Å². The van der Waals surface area contributed by atoms with E-state index in [0.717, 1.165) is 5.56 Å². The molecule has 0 radical (unpaired) electrons. The van der Waals surface area contributed by atoms with E-state index in [-0.39, 0.29) is 24.0 Å². The second kappa shape index (κ2) is 10.5. The minimum atomic E-state index is -0.558. The summed E-state index contributed by atoms with van der Waals surface area (Å²) in [7, 11) is 1.48. The van der Waals surface area contributed by atoms with Crippen LogP contribution in [0.2, 0.25) is 0 Å². The van der Waals surface area contributed by atoms with Gasteiger partial charge in [-0.3, -0.25) is 20.3 Å². The highest BCUT2D eigenvalue weighted by Crippen LogP contribution is 2.30. The van der Waals surface area contributed by atoms with Gasteiger partial charge in [-0.25, -0.2) is 4.98 Å². The first kappa shape index (κ1) is 22.2. The monoisotopic (exact) mass is 435 g/mol. The van der Waals surface area contributed by atoms with Gasteiger partial charge in [-0.2, -0.15) is 5.10 Å². The molecule has 32 heavy (non-hydrogen) atoms. The predicted molar refractivity (Wildman–Crippen MR) is 120 cm³/mol. The second-order valence-electron chi connectivity index (χ2n) is 6.58. The highest BCUT2D eigenvalue weighted by atomic mass is 16.6. The number of carbonyl (C=O) groups excluding carboxylic acids is 1. The van der Waals surface area contributed by atoms with Crippen molar-refractivity contribution in [1.29, 1.82) is 0 Å². The molecule has 1 heterocycles. The van der Waals surface area contributed by atoms with E-state index in [4.69, 9.17) is 9.47 Å². The smallest absolute Gasteiger partial charge is 0.313 e. The van der Waals surface area contributed by atoms with Gasteiger partial charge >= 0.3 is 5.69 Å². The number of ether oxygens (including phenoxy) is 2. The molecule has 0 aliphatic rings. The van der Waals surface area contributed by atoms with Gasteiger partial charge in [-0.05, 0) is 37.3 Å². The molecule has 0 saturated heterocycles. The zero-order valence-corrected chi connectivity index (χ0v) is 17.4. The quantitative estimate of drug-likeness (QED) is 0.297. The van der Waals surface area contributed by atoms with Gasteiger partial charge in [0.05, 0.1) is 18.2 Å². The molecule has 10 heteroatoms. The van der Waals surface area contributed by atoms with Gasteiger partial charge in [0.25, 0.3) is 5.91 Å². The lowest BCUT2D eigenvalue weighted by Gasteiger charge is -2.13. The molecular weight excluding hydrogens is 414 g/mol. The second-order valence-corrected chi connectivity index (χ2v) is 6.58. The normalized spacial score (nSPS) is 10.6. The Balaban J connectivity index is 1.71. The molecule has 3 rings (SSSR count). The molecular formula is C22H21N5O5. The van der Waals surface area contributed by atoms with Crippen LogP contribution in [0.4, 0.5) is 17.2 Å². The van der Waals surface area contributed by atoms with E-state index >= 15 is 0 Å². The van der Waals surface area contributed by atoms with Crippen LogP contribution in [-0.2, 0) is 4.79 Å². The Morgan fingerprint density at radius 3 is 2.69 bits per heavy atom. The molecule has 0 saturated carbocycles. The highest BCUT2D eigenvalue weighted by molar-refractivity contribution is 5.92. The maximum atomic E-state index is 12.3. The highest BCUT2D eigenvalue weighted by Gasteiger charge is 2.14. The number of benzene rings is 2. The van der Waals surface area contributed by atoms with E-state index in [2.05, 4.69) is 20.8 Å². The fraction of sp³-hybridized carbons (Fsp3) is 0.136. The zero-order valence-electron chi connectivity index (χ0n) is 17.4. The fourth-order valence-corrected chi connectivity index (χ4v) is 2.71. The number of nitrogens with one attached hydrogen (secondary N) is 2. The lowest BCUT2D eigenvalue weighted by Crippen LogP contribution is -2.20. The molecule has 0 aliphatic heterocycles. The number of rotatable bonds is 9. The average Bonchev–Trinajstić information content (AvgIpc) is 2.79.